The maximum absolute atomic E-state index is 11.4. The summed E-state index contributed by atoms with van der Waals surface area (Å²) in [5.74, 6) is -0.696. The first kappa shape index (κ1) is 16.6. The molecule has 0 bridgehead atoms. The van der Waals surface area contributed by atoms with E-state index in [0.29, 0.717) is 6.42 Å². The number of carboxylic acid groups (broad SMARTS) is 1. The van der Waals surface area contributed by atoms with E-state index in [9.17, 15) is 8.53 Å². The molecule has 0 aliphatic carbocycles. The van der Waals surface area contributed by atoms with Crippen molar-refractivity contribution < 1.29 is 13.6 Å². The summed E-state index contributed by atoms with van der Waals surface area (Å²) in [4.78, 5) is 10.3. The van der Waals surface area contributed by atoms with Crippen molar-refractivity contribution in [3.05, 3.63) is 12.2 Å². The molecule has 3 nitrogen and oxygen atoms in total. The van der Waals surface area contributed by atoms with Gasteiger partial charge >= 0.3 is 107 Å². The number of rotatable bonds is 10. The van der Waals surface area contributed by atoms with Crippen LogP contribution in [-0.4, -0.2) is 24.6 Å². The molecule has 100 valence electrons. The number of unbranched alkanes of at least 4 members (excludes halogenated alkanes) is 5. The zero-order valence-corrected chi connectivity index (χ0v) is 12.9. The number of carbonyl (C=O) groups is 1. The first-order chi connectivity index (χ1) is 7.92. The van der Waals surface area contributed by atoms with Crippen LogP contribution in [0.2, 0.25) is 16.6 Å². The van der Waals surface area contributed by atoms with E-state index in [2.05, 4.69) is 6.08 Å². The van der Waals surface area contributed by atoms with Gasteiger partial charge in [0, 0.05) is 0 Å². The Balaban J connectivity index is 3.24. The molecular formula is C13H25AsO3. The molecule has 4 heteroatoms. The summed E-state index contributed by atoms with van der Waals surface area (Å²) in [5, 5.41) is 9.21. The quantitative estimate of drug-likeness (QED) is 0.377. The van der Waals surface area contributed by atoms with Crippen molar-refractivity contribution in [2.24, 2.45) is 0 Å². The molecule has 0 aromatic rings. The predicted molar refractivity (Wildman–Crippen MR) is 72.1 cm³/mol. The molecule has 0 unspecified atom stereocenters. The van der Waals surface area contributed by atoms with Crippen LogP contribution >= 0.6 is 0 Å². The fourth-order valence-electron chi connectivity index (χ4n) is 1.51. The van der Waals surface area contributed by atoms with Crippen LogP contribution < -0.4 is 0 Å². The minimum atomic E-state index is -2.45. The van der Waals surface area contributed by atoms with Crippen LogP contribution in [0.15, 0.2) is 12.2 Å². The van der Waals surface area contributed by atoms with Gasteiger partial charge in [0.25, 0.3) is 0 Å². The third kappa shape index (κ3) is 15.6. The van der Waals surface area contributed by atoms with Gasteiger partial charge in [0.05, 0.1) is 0 Å². The molecule has 0 heterocycles. The van der Waals surface area contributed by atoms with Crippen LogP contribution in [0.5, 0.6) is 0 Å². The normalized spacial score (nSPS) is 12.1. The molecule has 0 spiro atoms. The van der Waals surface area contributed by atoms with Crippen LogP contribution in [0.3, 0.4) is 0 Å². The number of aliphatic carboxylic acids is 1. The van der Waals surface area contributed by atoms with E-state index in [1.807, 2.05) is 17.5 Å². The van der Waals surface area contributed by atoms with Crippen LogP contribution in [0, 0.1) is 0 Å². The minimum absolute atomic E-state index is 0.296. The second-order valence-corrected chi connectivity index (χ2v) is 12.3. The van der Waals surface area contributed by atoms with Crippen molar-refractivity contribution >= 4 is 19.5 Å². The van der Waals surface area contributed by atoms with E-state index in [1.165, 1.54) is 0 Å². The van der Waals surface area contributed by atoms with Crippen molar-refractivity contribution in [3.8, 4) is 0 Å². The van der Waals surface area contributed by atoms with Crippen molar-refractivity contribution in [2.45, 2.75) is 61.6 Å². The number of allylic oxidation sites excluding steroid dienone is 2. The molecule has 0 aromatic carbocycles. The standard InChI is InChI=1S/C13H25AsO3/c1-14(2,17)12-10-8-6-4-3-5-7-9-11-13(15)16/h8,10H,3-7,9,11-12H2,1-2H3,(H,15,16)/b10-8-. The summed E-state index contributed by atoms with van der Waals surface area (Å²) in [7, 11) is 0. The predicted octanol–water partition coefficient (Wildman–Crippen LogP) is 3.99. The third-order valence-corrected chi connectivity index (χ3v) is 4.76. The van der Waals surface area contributed by atoms with Crippen LogP contribution in [0.4, 0.5) is 0 Å². The van der Waals surface area contributed by atoms with Gasteiger partial charge in [-0.2, -0.15) is 0 Å². The third-order valence-electron chi connectivity index (χ3n) is 2.47. The molecule has 0 atom stereocenters. The number of hydrogen-bond acceptors (Lipinski definition) is 2. The van der Waals surface area contributed by atoms with Gasteiger partial charge in [0.15, 0.2) is 0 Å². The molecule has 0 aromatic heterocycles. The molecule has 0 fully saturated rings. The zero-order chi connectivity index (χ0) is 13.1. The summed E-state index contributed by atoms with van der Waals surface area (Å²) >= 11 is -2.45. The number of hydrogen-bond donors (Lipinski definition) is 1. The first-order valence-corrected chi connectivity index (χ1v) is 12.2. The van der Waals surface area contributed by atoms with Gasteiger partial charge in [-0.25, -0.2) is 0 Å². The molecule has 17 heavy (non-hydrogen) atoms. The van der Waals surface area contributed by atoms with Gasteiger partial charge in [-0.05, 0) is 0 Å². The number of carboxylic acids is 1. The molecule has 0 saturated carbocycles. The van der Waals surface area contributed by atoms with Gasteiger partial charge in [0.1, 0.15) is 0 Å². The molecular weight excluding hydrogens is 279 g/mol. The van der Waals surface area contributed by atoms with E-state index < -0.39 is 19.5 Å². The Morgan fingerprint density at radius 1 is 1.06 bits per heavy atom. The Kier molecular flexibility index (Phi) is 9.34. The summed E-state index contributed by atoms with van der Waals surface area (Å²) in [5.41, 5.74) is 3.73. The van der Waals surface area contributed by atoms with Gasteiger partial charge in [-0.15, -0.1) is 0 Å². The Hall–Kier alpha value is -0.432. The fourth-order valence-corrected chi connectivity index (χ4v) is 2.89. The second kappa shape index (κ2) is 9.58. The van der Waals surface area contributed by atoms with Gasteiger partial charge in [0.2, 0.25) is 0 Å². The van der Waals surface area contributed by atoms with Crippen molar-refractivity contribution in [3.63, 3.8) is 0 Å². The maximum atomic E-state index is 11.4. The monoisotopic (exact) mass is 304 g/mol. The molecule has 0 amide bonds. The first-order valence-electron chi connectivity index (χ1n) is 6.32. The Morgan fingerprint density at radius 3 is 2.24 bits per heavy atom. The average molecular weight is 304 g/mol. The molecule has 0 radical (unpaired) electrons. The molecule has 0 saturated heterocycles. The van der Waals surface area contributed by atoms with E-state index in [0.717, 1.165) is 43.7 Å². The van der Waals surface area contributed by atoms with E-state index >= 15 is 0 Å². The SMILES string of the molecule is C[As](C)(=O)C/C=C\CCCCCCCC(=O)O. The summed E-state index contributed by atoms with van der Waals surface area (Å²) in [6.07, 6.45) is 10.7. The summed E-state index contributed by atoms with van der Waals surface area (Å²) in [6, 6.07) is 0. The van der Waals surface area contributed by atoms with Gasteiger partial charge in [-0.3, -0.25) is 0 Å². The van der Waals surface area contributed by atoms with Crippen LogP contribution in [0.25, 0.3) is 0 Å². The zero-order valence-electron chi connectivity index (χ0n) is 11.0. The van der Waals surface area contributed by atoms with E-state index in [-0.39, 0.29) is 0 Å². The topological polar surface area (TPSA) is 54.4 Å². The Labute approximate surface area is 107 Å². The average Bonchev–Trinajstić information content (AvgIpc) is 2.18. The van der Waals surface area contributed by atoms with Gasteiger partial charge in [-0.1, -0.05) is 0 Å². The van der Waals surface area contributed by atoms with Crippen molar-refractivity contribution in [1.29, 1.82) is 0 Å². The van der Waals surface area contributed by atoms with Crippen LogP contribution in [-0.2, 0) is 8.53 Å². The van der Waals surface area contributed by atoms with E-state index in [1.54, 1.807) is 0 Å². The molecule has 0 aliphatic heterocycles. The molecule has 1 N–H and O–H groups in total. The molecule has 0 rings (SSSR count). The Morgan fingerprint density at radius 2 is 1.65 bits per heavy atom. The molecule has 0 aliphatic rings. The van der Waals surface area contributed by atoms with Gasteiger partial charge < -0.3 is 0 Å². The van der Waals surface area contributed by atoms with Crippen molar-refractivity contribution in [2.75, 3.05) is 0 Å². The van der Waals surface area contributed by atoms with Crippen LogP contribution in [0.1, 0.15) is 44.9 Å². The van der Waals surface area contributed by atoms with Crippen molar-refractivity contribution in [1.82, 2.24) is 0 Å². The Bertz CT molecular complexity index is 278. The van der Waals surface area contributed by atoms with E-state index in [4.69, 9.17) is 5.11 Å². The second-order valence-electron chi connectivity index (χ2n) is 4.93. The summed E-state index contributed by atoms with van der Waals surface area (Å²) in [6.45, 7) is 0. The fraction of sp³-hybridized carbons (Fsp3) is 0.769. The summed E-state index contributed by atoms with van der Waals surface area (Å²) < 4.78 is 11.4.